The van der Waals surface area contributed by atoms with Crippen molar-refractivity contribution in [2.75, 3.05) is 49.3 Å². The monoisotopic (exact) mass is 730 g/mol. The van der Waals surface area contributed by atoms with Crippen LogP contribution >= 0.6 is 31.0 Å². The molecule has 6 nitrogen and oxygen atoms in total. The Morgan fingerprint density at radius 2 is 0.587 bits per heavy atom. The summed E-state index contributed by atoms with van der Waals surface area (Å²) < 4.78 is 26.2. The van der Waals surface area contributed by atoms with Gasteiger partial charge >= 0.3 is 16.5 Å². The number of unbranched alkanes of at least 4 members (excludes halogenated alkanes) is 8. The van der Waals surface area contributed by atoms with Crippen LogP contribution < -0.4 is 9.79 Å². The van der Waals surface area contributed by atoms with Crippen molar-refractivity contribution in [3.05, 3.63) is 25.7 Å². The summed E-state index contributed by atoms with van der Waals surface area (Å²) in [5.74, 6) is 0. The summed E-state index contributed by atoms with van der Waals surface area (Å²) in [5, 5.41) is 0. The second kappa shape index (κ2) is 41.2. The highest BCUT2D eigenvalue weighted by Crippen LogP contribution is 2.62. The van der Waals surface area contributed by atoms with Crippen LogP contribution in [0.2, 0.25) is 0 Å². The van der Waals surface area contributed by atoms with Crippen molar-refractivity contribution in [1.82, 2.24) is 0 Å². The van der Waals surface area contributed by atoms with Gasteiger partial charge in [0.2, 0.25) is 0 Å². The van der Waals surface area contributed by atoms with Crippen LogP contribution in [0.3, 0.4) is 0 Å². The number of hydrogen-bond donors (Lipinski definition) is 0. The molecule has 2 unspecified atom stereocenters. The highest BCUT2D eigenvalue weighted by atomic mass is 31.2. The smallest absolute Gasteiger partial charge is 0.538 e. The Balaban J connectivity index is -0.000000284. The van der Waals surface area contributed by atoms with Crippen LogP contribution in [-0.2, 0) is 18.2 Å². The van der Waals surface area contributed by atoms with Crippen LogP contribution in [0.4, 0.5) is 0 Å². The molecule has 0 bridgehead atoms. The summed E-state index contributed by atoms with van der Waals surface area (Å²) in [6, 6.07) is 0. The fourth-order valence-electron chi connectivity index (χ4n) is 5.41. The Bertz CT molecular complexity index is 548. The number of rotatable bonds is 28. The SMILES string of the molecule is C=CO[P+](=O)[O-].C=CO[P+](=O)[O-].CCCC[P+](CCCC)(CCCC)CCCC.CCCC[P+](CCCC)(CCCC)CCCC. The fraction of sp³-hybridized carbons (Fsp3) is 0.889. The van der Waals surface area contributed by atoms with Crippen molar-refractivity contribution in [3.63, 3.8) is 0 Å². The first-order valence-corrected chi connectivity index (χ1v) is 25.8. The van der Waals surface area contributed by atoms with Gasteiger partial charge in [-0.25, -0.2) is 0 Å². The van der Waals surface area contributed by atoms with E-state index in [1.807, 2.05) is 0 Å². The molecule has 0 aliphatic rings. The van der Waals surface area contributed by atoms with Gasteiger partial charge < -0.3 is 9.79 Å². The first-order chi connectivity index (χ1) is 22.0. The van der Waals surface area contributed by atoms with Gasteiger partial charge in [-0.05, 0) is 60.5 Å². The van der Waals surface area contributed by atoms with Gasteiger partial charge in [0, 0.05) is 14.5 Å². The largest absolute Gasteiger partial charge is 0.558 e. The molecule has 0 aromatic heterocycles. The van der Waals surface area contributed by atoms with Crippen molar-refractivity contribution < 1.29 is 28.0 Å². The van der Waals surface area contributed by atoms with Crippen molar-refractivity contribution in [2.45, 2.75) is 158 Å². The average Bonchev–Trinajstić information content (AvgIpc) is 3.04. The highest BCUT2D eigenvalue weighted by molar-refractivity contribution is 7.76. The van der Waals surface area contributed by atoms with Gasteiger partial charge in [0.05, 0.1) is 49.3 Å². The second-order valence-corrected chi connectivity index (χ2v) is 22.6. The molecular weight excluding hydrogens is 652 g/mol. The quantitative estimate of drug-likeness (QED) is 0.0587. The summed E-state index contributed by atoms with van der Waals surface area (Å²) in [7, 11) is -6.56. The molecule has 0 rings (SSSR count). The minimum absolute atomic E-state index is 0.562. The first-order valence-electron chi connectivity index (χ1n) is 18.6. The van der Waals surface area contributed by atoms with Crippen LogP contribution in [0.1, 0.15) is 158 Å². The molecule has 0 saturated heterocycles. The van der Waals surface area contributed by atoms with E-state index in [1.54, 1.807) is 49.3 Å². The maximum Gasteiger partial charge on any atom is 0.538 e. The molecule has 276 valence electrons. The molecule has 10 heteroatoms. The minimum Gasteiger partial charge on any atom is -0.558 e. The Hall–Kier alpha value is 0.0600. The van der Waals surface area contributed by atoms with Gasteiger partial charge in [0.25, 0.3) is 0 Å². The predicted molar refractivity (Wildman–Crippen MR) is 210 cm³/mol. The molecule has 0 fully saturated rings. The lowest BCUT2D eigenvalue weighted by molar-refractivity contribution is -0.182. The Kier molecular flexibility index (Phi) is 47.4. The third-order valence-corrected chi connectivity index (χ3v) is 19.0. The van der Waals surface area contributed by atoms with Crippen molar-refractivity contribution in [2.24, 2.45) is 0 Å². The van der Waals surface area contributed by atoms with Crippen LogP contribution in [0.5, 0.6) is 0 Å². The Labute approximate surface area is 291 Å². The zero-order chi connectivity index (χ0) is 36.0. The summed E-state index contributed by atoms with van der Waals surface area (Å²) >= 11 is 0. The van der Waals surface area contributed by atoms with E-state index >= 15 is 0 Å². The van der Waals surface area contributed by atoms with E-state index in [0.29, 0.717) is 0 Å². The average molecular weight is 731 g/mol. The summed E-state index contributed by atoms with van der Waals surface area (Å²) in [4.78, 5) is 18.7. The van der Waals surface area contributed by atoms with E-state index in [9.17, 15) is 18.9 Å². The van der Waals surface area contributed by atoms with Gasteiger partial charge in [0.1, 0.15) is 12.5 Å². The summed E-state index contributed by atoms with van der Waals surface area (Å²) in [6.07, 6.45) is 37.6. The highest BCUT2D eigenvalue weighted by Gasteiger charge is 2.35. The summed E-state index contributed by atoms with van der Waals surface area (Å²) in [5.41, 5.74) is 0. The molecule has 0 aliphatic heterocycles. The minimum atomic E-state index is -2.72. The lowest BCUT2D eigenvalue weighted by atomic mass is 10.4. The van der Waals surface area contributed by atoms with Crippen molar-refractivity contribution in [1.29, 1.82) is 0 Å². The topological polar surface area (TPSA) is 98.7 Å². The molecular formula is C36H78O6P4+2. The molecule has 0 aliphatic carbocycles. The van der Waals surface area contributed by atoms with Gasteiger partial charge in [0.15, 0.2) is 0 Å². The second-order valence-electron chi connectivity index (χ2n) is 12.3. The van der Waals surface area contributed by atoms with Gasteiger partial charge in [-0.2, -0.15) is 0 Å². The Morgan fingerprint density at radius 3 is 0.652 bits per heavy atom. The molecule has 2 atom stereocenters. The van der Waals surface area contributed by atoms with E-state index in [0.717, 1.165) is 12.5 Å². The maximum absolute atomic E-state index is 9.34. The van der Waals surface area contributed by atoms with Crippen LogP contribution in [0, 0.1) is 0 Å². The molecule has 0 saturated carbocycles. The third kappa shape index (κ3) is 38.5. The molecule has 0 N–H and O–H groups in total. The lowest BCUT2D eigenvalue weighted by Gasteiger charge is -2.28. The Morgan fingerprint density at radius 1 is 0.435 bits per heavy atom. The molecule has 0 aromatic rings. The zero-order valence-corrected chi connectivity index (χ0v) is 35.4. The van der Waals surface area contributed by atoms with Crippen molar-refractivity contribution >= 4 is 31.0 Å². The molecule has 0 aromatic carbocycles. The van der Waals surface area contributed by atoms with E-state index in [-0.39, 0.29) is 0 Å². The van der Waals surface area contributed by atoms with E-state index < -0.39 is 31.0 Å². The third-order valence-electron chi connectivity index (χ3n) is 8.21. The molecule has 0 radical (unpaired) electrons. The predicted octanol–water partition coefficient (Wildman–Crippen LogP) is 12.7. The van der Waals surface area contributed by atoms with Crippen LogP contribution in [-0.4, -0.2) is 49.3 Å². The van der Waals surface area contributed by atoms with E-state index in [4.69, 9.17) is 0 Å². The van der Waals surface area contributed by atoms with Crippen molar-refractivity contribution in [3.8, 4) is 0 Å². The van der Waals surface area contributed by atoms with Gasteiger partial charge in [-0.3, -0.25) is 9.05 Å². The van der Waals surface area contributed by atoms with Gasteiger partial charge in [-0.1, -0.05) is 120 Å². The fourth-order valence-corrected chi connectivity index (χ4v) is 16.2. The van der Waals surface area contributed by atoms with E-state index in [1.165, 1.54) is 103 Å². The normalized spacial score (nSPS) is 11.4. The first kappa shape index (κ1) is 52.9. The molecule has 0 heterocycles. The number of hydrogen-bond acceptors (Lipinski definition) is 6. The van der Waals surface area contributed by atoms with Crippen LogP contribution in [0.15, 0.2) is 25.7 Å². The standard InChI is InChI=1S/2C16H36P.2C2H3O3P/c2*1-5-9-13-17(14-10-6-2,15-11-7-3)16-12-8-4;2*1-2-5-6(3)4/h2*5-16H2,1-4H3;2*2H,1H2/q2*+1;;. The maximum atomic E-state index is 9.34. The van der Waals surface area contributed by atoms with Gasteiger partial charge in [-0.15, -0.1) is 0 Å². The van der Waals surface area contributed by atoms with E-state index in [2.05, 4.69) is 77.6 Å². The van der Waals surface area contributed by atoms with Crippen LogP contribution in [0.25, 0.3) is 0 Å². The summed E-state index contributed by atoms with van der Waals surface area (Å²) in [6.45, 7) is 24.8. The lowest BCUT2D eigenvalue weighted by Crippen LogP contribution is -2.12. The molecule has 0 spiro atoms. The zero-order valence-electron chi connectivity index (χ0n) is 31.8. The molecule has 0 amide bonds. The molecule has 46 heavy (non-hydrogen) atoms.